The summed E-state index contributed by atoms with van der Waals surface area (Å²) in [5, 5.41) is 4.88. The summed E-state index contributed by atoms with van der Waals surface area (Å²) in [5.74, 6) is 1.74. The molecule has 0 saturated heterocycles. The summed E-state index contributed by atoms with van der Waals surface area (Å²) < 4.78 is 12.8. The topological polar surface area (TPSA) is 65.7 Å². The van der Waals surface area contributed by atoms with Crippen molar-refractivity contribution in [2.24, 2.45) is 5.10 Å². The Kier molecular flexibility index (Phi) is 5.37. The molecule has 1 heterocycles. The highest BCUT2D eigenvalue weighted by molar-refractivity contribution is 9.10. The van der Waals surface area contributed by atoms with Gasteiger partial charge in [-0.05, 0) is 30.3 Å². The van der Waals surface area contributed by atoms with Crippen LogP contribution in [-0.4, -0.2) is 30.1 Å². The van der Waals surface area contributed by atoms with Crippen LogP contribution in [0.15, 0.2) is 50.8 Å². The quantitative estimate of drug-likeness (QED) is 0.596. The van der Waals surface area contributed by atoms with Crippen LogP contribution >= 0.6 is 15.9 Å². The predicted molar refractivity (Wildman–Crippen MR) is 106 cm³/mol. The summed E-state index contributed by atoms with van der Waals surface area (Å²) in [6.45, 7) is 1.94. The molecule has 26 heavy (non-hydrogen) atoms. The highest BCUT2D eigenvalue weighted by Gasteiger charge is 2.11. The number of aromatic nitrogens is 2. The number of hydrogen-bond acceptors (Lipinski definition) is 5. The number of methoxy groups -OCH3 is 2. The van der Waals surface area contributed by atoms with Gasteiger partial charge in [-0.25, -0.2) is 4.98 Å². The largest absolute Gasteiger partial charge is 0.493 e. The summed E-state index contributed by atoms with van der Waals surface area (Å²) >= 11 is 3.39. The lowest BCUT2D eigenvalue weighted by molar-refractivity contribution is 0.354. The summed E-state index contributed by atoms with van der Waals surface area (Å²) in [6, 6.07) is 10.9. The fourth-order valence-electron chi connectivity index (χ4n) is 2.68. The molecule has 134 valence electrons. The van der Waals surface area contributed by atoms with Crippen molar-refractivity contribution in [2.75, 3.05) is 14.2 Å². The van der Waals surface area contributed by atoms with Gasteiger partial charge in [0.2, 0.25) is 0 Å². The van der Waals surface area contributed by atoms with E-state index < -0.39 is 0 Å². The molecule has 1 aromatic heterocycles. The summed E-state index contributed by atoms with van der Waals surface area (Å²) in [6.07, 6.45) is 2.15. The Morgan fingerprint density at radius 1 is 1.23 bits per heavy atom. The van der Waals surface area contributed by atoms with Gasteiger partial charge >= 0.3 is 0 Å². The number of para-hydroxylation sites is 1. The van der Waals surface area contributed by atoms with E-state index in [1.54, 1.807) is 32.6 Å². The van der Waals surface area contributed by atoms with Crippen LogP contribution in [0.25, 0.3) is 10.9 Å². The van der Waals surface area contributed by atoms with Crippen molar-refractivity contribution in [3.8, 4) is 11.5 Å². The lowest BCUT2D eigenvalue weighted by Gasteiger charge is -2.10. The summed E-state index contributed by atoms with van der Waals surface area (Å²) in [7, 11) is 3.14. The first-order valence-corrected chi connectivity index (χ1v) is 8.84. The molecule has 3 aromatic rings. The van der Waals surface area contributed by atoms with Crippen LogP contribution in [0.5, 0.6) is 11.5 Å². The minimum absolute atomic E-state index is 0.216. The Balaban J connectivity index is 2.16. The van der Waals surface area contributed by atoms with Gasteiger partial charge < -0.3 is 9.47 Å². The summed E-state index contributed by atoms with van der Waals surface area (Å²) in [5.41, 5.74) is 1.14. The first-order valence-electron chi connectivity index (χ1n) is 8.05. The van der Waals surface area contributed by atoms with Crippen LogP contribution in [0.1, 0.15) is 18.3 Å². The number of aryl methyl sites for hydroxylation is 1. The Morgan fingerprint density at radius 3 is 2.73 bits per heavy atom. The Labute approximate surface area is 159 Å². The molecule has 0 aliphatic rings. The van der Waals surface area contributed by atoms with Gasteiger partial charge in [-0.3, -0.25) is 4.79 Å². The van der Waals surface area contributed by atoms with Crippen LogP contribution < -0.4 is 15.0 Å². The molecule has 0 bridgehead atoms. The number of ether oxygens (including phenoxy) is 2. The molecular formula is C19H18BrN3O3. The first-order chi connectivity index (χ1) is 12.6. The number of halogens is 1. The number of benzene rings is 2. The molecule has 0 atom stereocenters. The van der Waals surface area contributed by atoms with E-state index in [1.165, 1.54) is 4.68 Å². The van der Waals surface area contributed by atoms with Crippen molar-refractivity contribution in [3.63, 3.8) is 0 Å². The smallest absolute Gasteiger partial charge is 0.282 e. The van der Waals surface area contributed by atoms with E-state index in [0.29, 0.717) is 40.2 Å². The molecule has 7 heteroatoms. The minimum atomic E-state index is -0.216. The average molecular weight is 416 g/mol. The molecule has 2 aromatic carbocycles. The normalized spacial score (nSPS) is 11.2. The van der Waals surface area contributed by atoms with E-state index in [1.807, 2.05) is 31.2 Å². The molecule has 0 radical (unpaired) electrons. The van der Waals surface area contributed by atoms with Crippen LogP contribution in [-0.2, 0) is 6.42 Å². The van der Waals surface area contributed by atoms with Crippen molar-refractivity contribution in [1.82, 2.24) is 9.66 Å². The van der Waals surface area contributed by atoms with Gasteiger partial charge in [-0.2, -0.15) is 9.78 Å². The first kappa shape index (κ1) is 18.1. The van der Waals surface area contributed by atoms with Gasteiger partial charge in [0.15, 0.2) is 11.5 Å². The van der Waals surface area contributed by atoms with E-state index >= 15 is 0 Å². The monoisotopic (exact) mass is 415 g/mol. The van der Waals surface area contributed by atoms with E-state index in [-0.39, 0.29) is 5.56 Å². The third-order valence-corrected chi connectivity index (χ3v) is 4.43. The second-order valence-electron chi connectivity index (χ2n) is 5.49. The third kappa shape index (κ3) is 3.35. The molecule has 0 saturated carbocycles. The fraction of sp³-hybridized carbons (Fsp3) is 0.211. The van der Waals surface area contributed by atoms with Gasteiger partial charge in [0.25, 0.3) is 5.56 Å². The molecule has 3 rings (SSSR count). The Hall–Kier alpha value is -2.67. The zero-order valence-electron chi connectivity index (χ0n) is 14.7. The van der Waals surface area contributed by atoms with Crippen LogP contribution in [0, 0.1) is 0 Å². The molecule has 6 nitrogen and oxygen atoms in total. The number of rotatable bonds is 5. The average Bonchev–Trinajstić information content (AvgIpc) is 2.67. The standard InChI is InChI=1S/C19H18BrN3O3/c1-4-17-22-15-9-8-13(20)10-14(15)19(24)23(17)21-11-12-6-5-7-16(25-2)18(12)26-3/h5-11H,4H2,1-3H3. The minimum Gasteiger partial charge on any atom is -0.493 e. The van der Waals surface area contributed by atoms with E-state index in [9.17, 15) is 4.79 Å². The Morgan fingerprint density at radius 2 is 2.04 bits per heavy atom. The third-order valence-electron chi connectivity index (χ3n) is 3.94. The van der Waals surface area contributed by atoms with Crippen molar-refractivity contribution in [1.29, 1.82) is 0 Å². The molecular weight excluding hydrogens is 398 g/mol. The van der Waals surface area contributed by atoms with E-state index in [2.05, 4.69) is 26.0 Å². The predicted octanol–water partition coefficient (Wildman–Crippen LogP) is 3.62. The highest BCUT2D eigenvalue weighted by atomic mass is 79.9. The maximum atomic E-state index is 12.9. The molecule has 0 fully saturated rings. The van der Waals surface area contributed by atoms with Crippen LogP contribution in [0.3, 0.4) is 0 Å². The zero-order chi connectivity index (χ0) is 18.7. The molecule has 0 amide bonds. The molecule has 0 aliphatic carbocycles. The van der Waals surface area contributed by atoms with E-state index in [0.717, 1.165) is 4.47 Å². The van der Waals surface area contributed by atoms with Gasteiger partial charge in [-0.1, -0.05) is 28.9 Å². The molecule has 0 N–H and O–H groups in total. The Bertz CT molecular complexity index is 1040. The number of hydrogen-bond donors (Lipinski definition) is 0. The lowest BCUT2D eigenvalue weighted by atomic mass is 10.2. The second kappa shape index (κ2) is 7.70. The van der Waals surface area contributed by atoms with E-state index in [4.69, 9.17) is 9.47 Å². The SMILES string of the molecule is CCc1nc2ccc(Br)cc2c(=O)n1N=Cc1cccc(OC)c1OC. The number of nitrogens with zero attached hydrogens (tertiary/aromatic N) is 3. The maximum absolute atomic E-state index is 12.9. The lowest BCUT2D eigenvalue weighted by Crippen LogP contribution is -2.22. The fourth-order valence-corrected chi connectivity index (χ4v) is 3.04. The van der Waals surface area contributed by atoms with Crippen molar-refractivity contribution < 1.29 is 9.47 Å². The van der Waals surface area contributed by atoms with Crippen LogP contribution in [0.2, 0.25) is 0 Å². The van der Waals surface area contributed by atoms with Crippen molar-refractivity contribution in [3.05, 3.63) is 62.6 Å². The van der Waals surface area contributed by atoms with Gasteiger partial charge in [0.05, 0.1) is 31.3 Å². The van der Waals surface area contributed by atoms with Gasteiger partial charge in [-0.15, -0.1) is 0 Å². The molecule has 0 aliphatic heterocycles. The van der Waals surface area contributed by atoms with Crippen molar-refractivity contribution >= 4 is 33.0 Å². The van der Waals surface area contributed by atoms with Crippen LogP contribution in [0.4, 0.5) is 0 Å². The number of fused-ring (bicyclic) bond motifs is 1. The molecule has 0 spiro atoms. The molecule has 0 unspecified atom stereocenters. The maximum Gasteiger partial charge on any atom is 0.282 e. The van der Waals surface area contributed by atoms with Gasteiger partial charge in [0, 0.05) is 16.5 Å². The second-order valence-corrected chi connectivity index (χ2v) is 6.40. The summed E-state index contributed by atoms with van der Waals surface area (Å²) in [4.78, 5) is 17.4. The zero-order valence-corrected chi connectivity index (χ0v) is 16.3. The highest BCUT2D eigenvalue weighted by Crippen LogP contribution is 2.29. The van der Waals surface area contributed by atoms with Crippen molar-refractivity contribution in [2.45, 2.75) is 13.3 Å². The van der Waals surface area contributed by atoms with Gasteiger partial charge in [0.1, 0.15) is 5.82 Å².